The summed E-state index contributed by atoms with van der Waals surface area (Å²) >= 11 is 3.13. The zero-order chi connectivity index (χ0) is 33.5. The zero-order valence-corrected chi connectivity index (χ0v) is 29.3. The number of anilines is 1. The Morgan fingerprint density at radius 1 is 0.935 bits per heavy atom. The molecule has 0 aliphatic carbocycles. The minimum atomic E-state index is -4.35. The van der Waals surface area contributed by atoms with Gasteiger partial charge in [0.25, 0.3) is 16.0 Å². The van der Waals surface area contributed by atoms with Crippen LogP contribution >= 0.6 is 23.1 Å². The number of nitrogens with zero attached hydrogens (tertiary/aromatic N) is 2. The maximum Gasteiger partial charge on any atom is 0.326 e. The minimum absolute atomic E-state index is 0.547. The Morgan fingerprint density at radius 3 is 2.33 bits per heavy atom. The average Bonchev–Trinajstić information content (AvgIpc) is 3.62. The molecule has 46 heavy (non-hydrogen) atoms. The monoisotopic (exact) mass is 697 g/mol. The SMILES string of the molecule is C=CSCc1ccc2c(c1)N(CS(=O)(=O)O)C(=CC=CC=CC1=[N+](CS(=O)(=O)O)c3cc(-c4cccs4)ccc3C1(C)C)C2(C)C. The molecule has 5 rings (SSSR count). The Bertz CT molecular complexity index is 2020. The van der Waals surface area contributed by atoms with Crippen LogP contribution in [0.5, 0.6) is 0 Å². The number of thiophene rings is 1. The van der Waals surface area contributed by atoms with Crippen molar-refractivity contribution in [2.24, 2.45) is 0 Å². The molecule has 0 bridgehead atoms. The maximum atomic E-state index is 12.1. The van der Waals surface area contributed by atoms with Gasteiger partial charge in [0.15, 0.2) is 11.6 Å². The van der Waals surface area contributed by atoms with Crippen molar-refractivity contribution < 1.29 is 30.5 Å². The first-order valence-corrected chi connectivity index (χ1v) is 19.6. The summed E-state index contributed by atoms with van der Waals surface area (Å²) in [5, 5.41) is 3.74. The molecule has 8 nitrogen and oxygen atoms in total. The van der Waals surface area contributed by atoms with E-state index < -0.39 is 42.8 Å². The standard InChI is InChI=1S/C34H36N2O6S4/c1-6-43-21-24-14-16-26-28(19-24)35(22-45(37,38)39)31(33(26,2)3)12-8-7-9-13-32-34(4,5)27-17-15-25(30-11-10-18-44-30)20-29(27)36(32)23-46(40,41)42/h6-20H,1,21-23H2,2-5H3,(H-,37,38,39,40,41,42)/p+1. The van der Waals surface area contributed by atoms with Gasteiger partial charge in [-0.15, -0.1) is 23.1 Å². The van der Waals surface area contributed by atoms with Gasteiger partial charge < -0.3 is 4.90 Å². The average molecular weight is 698 g/mol. The number of allylic oxidation sites excluding steroid dienone is 6. The summed E-state index contributed by atoms with van der Waals surface area (Å²) in [4.78, 5) is 2.69. The van der Waals surface area contributed by atoms with Crippen molar-refractivity contribution in [3.05, 3.63) is 119 Å². The highest BCUT2D eigenvalue weighted by atomic mass is 32.2. The van der Waals surface area contributed by atoms with E-state index in [1.54, 1.807) is 56.2 Å². The van der Waals surface area contributed by atoms with Crippen LogP contribution in [0.2, 0.25) is 0 Å². The summed E-state index contributed by atoms with van der Waals surface area (Å²) in [5.41, 5.74) is 5.61. The summed E-state index contributed by atoms with van der Waals surface area (Å²) in [6.07, 6.45) is 9.04. The molecule has 0 saturated carbocycles. The van der Waals surface area contributed by atoms with Crippen molar-refractivity contribution in [3.63, 3.8) is 0 Å². The zero-order valence-electron chi connectivity index (χ0n) is 26.0. The Morgan fingerprint density at radius 2 is 1.67 bits per heavy atom. The van der Waals surface area contributed by atoms with Gasteiger partial charge >= 0.3 is 10.1 Å². The van der Waals surface area contributed by atoms with Crippen LogP contribution in [0.3, 0.4) is 0 Å². The van der Waals surface area contributed by atoms with Crippen molar-refractivity contribution in [2.75, 3.05) is 16.7 Å². The summed E-state index contributed by atoms with van der Waals surface area (Å²) in [6.45, 7) is 11.8. The number of hydrogen-bond acceptors (Lipinski definition) is 7. The Hall–Kier alpha value is -3.26. The highest BCUT2D eigenvalue weighted by Gasteiger charge is 2.46. The second-order valence-electron chi connectivity index (χ2n) is 12.2. The topological polar surface area (TPSA) is 115 Å². The molecule has 3 heterocycles. The lowest BCUT2D eigenvalue weighted by molar-refractivity contribution is -0.415. The van der Waals surface area contributed by atoms with Crippen LogP contribution in [0.1, 0.15) is 44.4 Å². The van der Waals surface area contributed by atoms with Crippen LogP contribution in [0.25, 0.3) is 10.4 Å². The third-order valence-corrected chi connectivity index (χ3v) is 11.2. The second-order valence-corrected chi connectivity index (χ2v) is 17.0. The lowest BCUT2D eigenvalue weighted by Crippen LogP contribution is -2.30. The quantitative estimate of drug-likeness (QED) is 0.119. The van der Waals surface area contributed by atoms with Crippen LogP contribution in [0.4, 0.5) is 11.4 Å². The van der Waals surface area contributed by atoms with Crippen LogP contribution in [-0.4, -0.2) is 48.0 Å². The number of rotatable bonds is 11. The summed E-state index contributed by atoms with van der Waals surface area (Å²) < 4.78 is 69.7. The van der Waals surface area contributed by atoms with E-state index in [0.29, 0.717) is 17.2 Å². The highest BCUT2D eigenvalue weighted by molar-refractivity contribution is 8.01. The number of hydrogen-bond donors (Lipinski definition) is 2. The van der Waals surface area contributed by atoms with E-state index in [-0.39, 0.29) is 0 Å². The molecular formula is C34H37N2O6S4+. The lowest BCUT2D eigenvalue weighted by Gasteiger charge is -2.25. The van der Waals surface area contributed by atoms with Gasteiger partial charge in [-0.3, -0.25) is 9.11 Å². The fraction of sp³-hybridized carbons (Fsp3) is 0.265. The van der Waals surface area contributed by atoms with Gasteiger partial charge in [0, 0.05) is 45.1 Å². The van der Waals surface area contributed by atoms with Crippen molar-refractivity contribution in [2.45, 2.75) is 44.3 Å². The van der Waals surface area contributed by atoms with Crippen LogP contribution < -0.4 is 4.90 Å². The first kappa shape index (κ1) is 34.1. The minimum Gasteiger partial charge on any atom is -0.327 e. The Kier molecular flexibility index (Phi) is 9.44. The molecule has 0 radical (unpaired) electrons. The molecule has 2 aliphatic heterocycles. The summed E-state index contributed by atoms with van der Waals surface area (Å²) in [5.74, 6) is -0.488. The van der Waals surface area contributed by atoms with E-state index >= 15 is 0 Å². The van der Waals surface area contributed by atoms with E-state index in [9.17, 15) is 25.9 Å². The lowest BCUT2D eigenvalue weighted by atomic mass is 9.81. The Balaban J connectivity index is 1.51. The molecular weight excluding hydrogens is 661 g/mol. The molecule has 12 heteroatoms. The van der Waals surface area contributed by atoms with Crippen LogP contribution in [0.15, 0.2) is 102 Å². The number of thioether (sulfide) groups is 1. The normalized spacial score (nSPS) is 18.2. The van der Waals surface area contributed by atoms with E-state index in [2.05, 4.69) is 6.58 Å². The third kappa shape index (κ3) is 7.02. The first-order chi connectivity index (χ1) is 21.5. The van der Waals surface area contributed by atoms with Crippen molar-refractivity contribution in [1.82, 2.24) is 0 Å². The van der Waals surface area contributed by atoms with Gasteiger partial charge in [-0.1, -0.05) is 69.0 Å². The van der Waals surface area contributed by atoms with Gasteiger partial charge in [-0.05, 0) is 59.5 Å². The van der Waals surface area contributed by atoms with Gasteiger partial charge in [0.05, 0.1) is 5.41 Å². The van der Waals surface area contributed by atoms with Crippen molar-refractivity contribution in [3.8, 4) is 10.4 Å². The van der Waals surface area contributed by atoms with Crippen molar-refractivity contribution in [1.29, 1.82) is 0 Å². The molecule has 0 spiro atoms. The Labute approximate surface area is 279 Å². The largest absolute Gasteiger partial charge is 0.327 e. The number of fused-ring (bicyclic) bond motifs is 2. The fourth-order valence-corrected chi connectivity index (χ4v) is 8.65. The molecule has 2 aromatic carbocycles. The number of benzene rings is 2. The van der Waals surface area contributed by atoms with E-state index in [4.69, 9.17) is 0 Å². The van der Waals surface area contributed by atoms with E-state index in [1.807, 2.05) is 93.8 Å². The summed E-state index contributed by atoms with van der Waals surface area (Å²) in [7, 11) is -8.69. The fourth-order valence-electron chi connectivity index (χ4n) is 6.22. The second kappa shape index (κ2) is 12.7. The molecule has 1 aromatic heterocycles. The van der Waals surface area contributed by atoms with Gasteiger partial charge in [0.2, 0.25) is 5.69 Å². The molecule has 0 amide bonds. The summed E-state index contributed by atoms with van der Waals surface area (Å²) in [6, 6.07) is 15.9. The maximum absolute atomic E-state index is 12.1. The van der Waals surface area contributed by atoms with E-state index in [0.717, 1.165) is 38.5 Å². The predicted octanol–water partition coefficient (Wildman–Crippen LogP) is 7.65. The van der Waals surface area contributed by atoms with Gasteiger partial charge in [-0.2, -0.15) is 21.4 Å². The molecule has 242 valence electrons. The molecule has 2 N–H and O–H groups in total. The molecule has 2 aliphatic rings. The van der Waals surface area contributed by atoms with Crippen LogP contribution in [0, 0.1) is 0 Å². The highest BCUT2D eigenvalue weighted by Crippen LogP contribution is 2.48. The van der Waals surface area contributed by atoms with Gasteiger partial charge in [-0.25, -0.2) is 0 Å². The third-order valence-electron chi connectivity index (χ3n) is 8.34. The smallest absolute Gasteiger partial charge is 0.326 e. The molecule has 0 atom stereocenters. The predicted molar refractivity (Wildman–Crippen MR) is 190 cm³/mol. The van der Waals surface area contributed by atoms with E-state index in [1.165, 1.54) is 0 Å². The van der Waals surface area contributed by atoms with Crippen LogP contribution in [-0.2, 0) is 36.8 Å². The molecule has 0 saturated heterocycles. The molecule has 0 fully saturated rings. The molecule has 3 aromatic rings. The van der Waals surface area contributed by atoms with Crippen molar-refractivity contribution >= 4 is 60.4 Å². The van der Waals surface area contributed by atoms with Gasteiger partial charge in [0.1, 0.15) is 0 Å². The molecule has 0 unspecified atom stereocenters. The first-order valence-electron chi connectivity index (χ1n) is 14.5.